The third-order valence-corrected chi connectivity index (χ3v) is 4.05. The third kappa shape index (κ3) is 6.38. The van der Waals surface area contributed by atoms with Crippen molar-refractivity contribution in [2.45, 2.75) is 52.6 Å². The summed E-state index contributed by atoms with van der Waals surface area (Å²) in [4.78, 5) is 2.63. The van der Waals surface area contributed by atoms with Gasteiger partial charge in [0, 0.05) is 31.7 Å². The molecule has 0 aromatic heterocycles. The van der Waals surface area contributed by atoms with Crippen LogP contribution in [0, 0.1) is 11.8 Å². The van der Waals surface area contributed by atoms with Gasteiger partial charge in [-0.25, -0.2) is 0 Å². The topological polar surface area (TPSA) is 24.5 Å². The van der Waals surface area contributed by atoms with E-state index >= 15 is 0 Å². The molecule has 118 valence electrons. The molecule has 1 heterocycles. The molecule has 0 aromatic carbocycles. The summed E-state index contributed by atoms with van der Waals surface area (Å²) in [6.45, 7) is 17.9. The predicted molar refractivity (Wildman–Crippen MR) is 87.1 cm³/mol. The minimum Gasteiger partial charge on any atom is -0.380 e. The van der Waals surface area contributed by atoms with Crippen molar-refractivity contribution >= 4 is 0 Å². The molecule has 3 nitrogen and oxygen atoms in total. The molecule has 1 saturated heterocycles. The van der Waals surface area contributed by atoms with Crippen molar-refractivity contribution in [3.63, 3.8) is 0 Å². The molecule has 2 unspecified atom stereocenters. The van der Waals surface area contributed by atoms with Crippen molar-refractivity contribution in [3.05, 3.63) is 12.7 Å². The summed E-state index contributed by atoms with van der Waals surface area (Å²) >= 11 is 0. The highest BCUT2D eigenvalue weighted by atomic mass is 16.5. The Morgan fingerprint density at radius 1 is 1.30 bits per heavy atom. The predicted octanol–water partition coefficient (Wildman–Crippen LogP) is 2.92. The zero-order valence-electron chi connectivity index (χ0n) is 13.9. The first-order valence-electron chi connectivity index (χ1n) is 8.20. The van der Waals surface area contributed by atoms with E-state index in [1.807, 2.05) is 6.08 Å². The number of nitrogens with zero attached hydrogens (tertiary/aromatic N) is 1. The molecule has 0 bridgehead atoms. The van der Waals surface area contributed by atoms with Gasteiger partial charge in [0.05, 0.1) is 13.2 Å². The molecule has 1 fully saturated rings. The molecule has 0 spiro atoms. The lowest BCUT2D eigenvalue weighted by atomic mass is 9.95. The van der Waals surface area contributed by atoms with Crippen molar-refractivity contribution in [1.82, 2.24) is 10.2 Å². The highest BCUT2D eigenvalue weighted by molar-refractivity contribution is 4.88. The third-order valence-electron chi connectivity index (χ3n) is 4.05. The van der Waals surface area contributed by atoms with Gasteiger partial charge in [0.15, 0.2) is 0 Å². The first-order chi connectivity index (χ1) is 9.54. The van der Waals surface area contributed by atoms with Crippen LogP contribution >= 0.6 is 0 Å². The van der Waals surface area contributed by atoms with Crippen LogP contribution in [0.3, 0.4) is 0 Å². The van der Waals surface area contributed by atoms with E-state index in [-0.39, 0.29) is 0 Å². The van der Waals surface area contributed by atoms with Gasteiger partial charge >= 0.3 is 0 Å². The fourth-order valence-electron chi connectivity index (χ4n) is 2.99. The van der Waals surface area contributed by atoms with E-state index in [2.05, 4.69) is 44.5 Å². The summed E-state index contributed by atoms with van der Waals surface area (Å²) in [6.07, 6.45) is 4.13. The van der Waals surface area contributed by atoms with Crippen molar-refractivity contribution in [3.8, 4) is 0 Å². The lowest BCUT2D eigenvalue weighted by Gasteiger charge is -2.43. The largest absolute Gasteiger partial charge is 0.380 e. The lowest BCUT2D eigenvalue weighted by Crippen LogP contribution is -2.59. The monoisotopic (exact) mass is 282 g/mol. The Morgan fingerprint density at radius 3 is 2.65 bits per heavy atom. The van der Waals surface area contributed by atoms with Gasteiger partial charge < -0.3 is 10.1 Å². The second-order valence-electron chi connectivity index (χ2n) is 6.73. The van der Waals surface area contributed by atoms with E-state index in [0.717, 1.165) is 45.2 Å². The molecule has 0 radical (unpaired) electrons. The van der Waals surface area contributed by atoms with Gasteiger partial charge in [0.1, 0.15) is 0 Å². The summed E-state index contributed by atoms with van der Waals surface area (Å²) in [5, 5.41) is 3.73. The zero-order valence-corrected chi connectivity index (χ0v) is 13.9. The van der Waals surface area contributed by atoms with Crippen LogP contribution in [0.15, 0.2) is 12.7 Å². The highest BCUT2D eigenvalue weighted by Gasteiger charge is 2.29. The number of piperazine rings is 1. The Balaban J connectivity index is 2.40. The summed E-state index contributed by atoms with van der Waals surface area (Å²) in [6, 6.07) is 1.28. The highest BCUT2D eigenvalue weighted by Crippen LogP contribution is 2.18. The molecule has 1 rings (SSSR count). The van der Waals surface area contributed by atoms with E-state index in [1.54, 1.807) is 0 Å². The second kappa shape index (κ2) is 9.54. The van der Waals surface area contributed by atoms with Crippen LogP contribution < -0.4 is 5.32 Å². The van der Waals surface area contributed by atoms with Gasteiger partial charge in [-0.1, -0.05) is 33.8 Å². The summed E-state index contributed by atoms with van der Waals surface area (Å²) in [5.41, 5.74) is 0. The fourth-order valence-corrected chi connectivity index (χ4v) is 2.99. The molecule has 0 aliphatic carbocycles. The molecule has 1 N–H and O–H groups in total. The minimum absolute atomic E-state index is 0.637. The van der Waals surface area contributed by atoms with Gasteiger partial charge in [-0.05, 0) is 24.7 Å². The second-order valence-corrected chi connectivity index (χ2v) is 6.73. The summed E-state index contributed by atoms with van der Waals surface area (Å²) < 4.78 is 5.69. The molecule has 0 amide bonds. The summed E-state index contributed by atoms with van der Waals surface area (Å²) in [5.74, 6) is 1.45. The van der Waals surface area contributed by atoms with Gasteiger partial charge in [0.2, 0.25) is 0 Å². The molecule has 20 heavy (non-hydrogen) atoms. The van der Waals surface area contributed by atoms with E-state index < -0.39 is 0 Å². The smallest absolute Gasteiger partial charge is 0.0593 e. The summed E-state index contributed by atoms with van der Waals surface area (Å²) in [7, 11) is 0. The van der Waals surface area contributed by atoms with E-state index in [4.69, 9.17) is 4.74 Å². The molecule has 2 atom stereocenters. The van der Waals surface area contributed by atoms with Crippen LogP contribution in [0.25, 0.3) is 0 Å². The Labute approximate surface area is 125 Å². The van der Waals surface area contributed by atoms with Crippen LogP contribution in [0.1, 0.15) is 40.5 Å². The normalized spacial score (nSPS) is 24.5. The van der Waals surface area contributed by atoms with Crippen LogP contribution in [-0.2, 0) is 4.74 Å². The van der Waals surface area contributed by atoms with Crippen LogP contribution in [0.4, 0.5) is 0 Å². The van der Waals surface area contributed by atoms with Gasteiger partial charge in [-0.15, -0.1) is 6.58 Å². The van der Waals surface area contributed by atoms with Crippen molar-refractivity contribution in [2.75, 3.05) is 32.8 Å². The van der Waals surface area contributed by atoms with E-state index in [1.165, 1.54) is 6.42 Å². The molecule has 1 aliphatic heterocycles. The number of hydrogen-bond donors (Lipinski definition) is 1. The molecule has 0 aromatic rings. The molecular formula is C17H34N2O. The Morgan fingerprint density at radius 2 is 2.05 bits per heavy atom. The van der Waals surface area contributed by atoms with Gasteiger partial charge in [-0.2, -0.15) is 0 Å². The van der Waals surface area contributed by atoms with E-state index in [0.29, 0.717) is 18.0 Å². The average Bonchev–Trinajstić information content (AvgIpc) is 2.37. The first kappa shape index (κ1) is 17.7. The quantitative estimate of drug-likeness (QED) is 0.520. The first-order valence-corrected chi connectivity index (χ1v) is 8.20. The van der Waals surface area contributed by atoms with Gasteiger partial charge in [0.25, 0.3) is 0 Å². The molecule has 0 saturated carbocycles. The average molecular weight is 282 g/mol. The maximum Gasteiger partial charge on any atom is 0.0593 e. The molecular weight excluding hydrogens is 248 g/mol. The van der Waals surface area contributed by atoms with Crippen LogP contribution in [-0.4, -0.2) is 49.8 Å². The van der Waals surface area contributed by atoms with Crippen molar-refractivity contribution in [1.29, 1.82) is 0 Å². The number of nitrogens with one attached hydrogen (secondary N) is 1. The minimum atomic E-state index is 0.637. The van der Waals surface area contributed by atoms with Crippen molar-refractivity contribution in [2.24, 2.45) is 11.8 Å². The van der Waals surface area contributed by atoms with Crippen LogP contribution in [0.2, 0.25) is 0 Å². The zero-order chi connectivity index (χ0) is 15.0. The maximum atomic E-state index is 5.69. The number of ether oxygens (including phenoxy) is 1. The fraction of sp³-hybridized carbons (Fsp3) is 0.882. The maximum absolute atomic E-state index is 5.69. The molecule has 3 heteroatoms. The SMILES string of the molecule is C=CCCOCCN1CC(CC(C)C)NCC1C(C)C. The lowest BCUT2D eigenvalue weighted by molar-refractivity contribution is 0.0487. The van der Waals surface area contributed by atoms with Crippen molar-refractivity contribution < 1.29 is 4.74 Å². The van der Waals surface area contributed by atoms with Crippen LogP contribution in [0.5, 0.6) is 0 Å². The molecule has 1 aliphatic rings. The number of hydrogen-bond acceptors (Lipinski definition) is 3. The van der Waals surface area contributed by atoms with E-state index in [9.17, 15) is 0 Å². The number of rotatable bonds is 9. The Kier molecular flexibility index (Phi) is 8.43. The standard InChI is InChI=1S/C17H34N2O/c1-6-7-9-20-10-8-19-13-16(11-14(2)3)18-12-17(19)15(4)5/h6,14-18H,1,7-13H2,2-5H3. The Bertz CT molecular complexity index is 266. The van der Waals surface area contributed by atoms with Gasteiger partial charge in [-0.3, -0.25) is 4.90 Å². The Hall–Kier alpha value is -0.380.